The number of halogens is 6. The van der Waals surface area contributed by atoms with E-state index < -0.39 is 21.8 Å². The lowest BCUT2D eigenvalue weighted by atomic mass is 9.94. The van der Waals surface area contributed by atoms with Crippen molar-refractivity contribution in [3.8, 4) is 0 Å². The smallest absolute Gasteiger partial charge is 0.306 e. The molecular weight excluding hydrogens is 536 g/mol. The molecular formula is C17H16BrCl2F3N2O2S2. The van der Waals surface area contributed by atoms with Crippen molar-refractivity contribution < 1.29 is 21.6 Å². The minimum absolute atomic E-state index is 0.0321. The highest BCUT2D eigenvalue weighted by molar-refractivity contribution is 9.10. The van der Waals surface area contributed by atoms with Gasteiger partial charge in [0.1, 0.15) is 13.6 Å². The summed E-state index contributed by atoms with van der Waals surface area (Å²) < 4.78 is 68.4. The van der Waals surface area contributed by atoms with E-state index in [1.54, 1.807) is 0 Å². The number of nitrogens with zero attached hydrogens (tertiary/aromatic N) is 1. The van der Waals surface area contributed by atoms with Crippen LogP contribution in [0.3, 0.4) is 0 Å². The third-order valence-corrected chi connectivity index (χ3v) is 9.50. The molecule has 4 nitrogen and oxygen atoms in total. The minimum Gasteiger partial charge on any atom is -0.306 e. The van der Waals surface area contributed by atoms with Crippen molar-refractivity contribution in [3.63, 3.8) is 0 Å². The Balaban J connectivity index is 1.94. The topological polar surface area (TPSA) is 49.4 Å². The first-order chi connectivity index (χ1) is 13.4. The van der Waals surface area contributed by atoms with Crippen LogP contribution < -0.4 is 4.72 Å². The van der Waals surface area contributed by atoms with E-state index in [9.17, 15) is 21.6 Å². The molecule has 0 aliphatic carbocycles. The third-order valence-electron chi connectivity index (χ3n) is 4.66. The summed E-state index contributed by atoms with van der Waals surface area (Å²) in [5.74, 6) is 0.0761. The van der Waals surface area contributed by atoms with Crippen LogP contribution in [-0.4, -0.2) is 33.5 Å². The van der Waals surface area contributed by atoms with Crippen LogP contribution >= 0.6 is 50.5 Å². The Hall–Kier alpha value is -0.520. The lowest BCUT2D eigenvalue weighted by molar-refractivity contribution is -0.138. The number of hydrogen-bond acceptors (Lipinski definition) is 4. The van der Waals surface area contributed by atoms with Crippen LogP contribution in [0.2, 0.25) is 8.67 Å². The summed E-state index contributed by atoms with van der Waals surface area (Å²) in [5, 5.41) is 0. The van der Waals surface area contributed by atoms with E-state index in [2.05, 4.69) is 25.6 Å². The first kappa shape index (κ1) is 23.1. The zero-order valence-corrected chi connectivity index (χ0v) is 19.7. The van der Waals surface area contributed by atoms with E-state index in [4.69, 9.17) is 23.2 Å². The number of alkyl halides is 3. The maximum Gasteiger partial charge on any atom is 0.416 e. The average Bonchev–Trinajstić information content (AvgIpc) is 3.08. The van der Waals surface area contributed by atoms with Gasteiger partial charge in [0.2, 0.25) is 0 Å². The van der Waals surface area contributed by atoms with Crippen LogP contribution in [0.5, 0.6) is 0 Å². The SMILES string of the molecule is CN1CC[C@@H](Cc2cc(NS(=O)(=O)c3c(Cl)sc(Cl)c3Br)ccc2C(F)(F)F)C1. The molecule has 0 radical (unpaired) electrons. The predicted molar refractivity (Wildman–Crippen MR) is 114 cm³/mol. The molecule has 160 valence electrons. The zero-order chi connectivity index (χ0) is 21.6. The van der Waals surface area contributed by atoms with Gasteiger partial charge in [-0.05, 0) is 72.0 Å². The van der Waals surface area contributed by atoms with Gasteiger partial charge < -0.3 is 4.90 Å². The lowest BCUT2D eigenvalue weighted by Gasteiger charge is -2.18. The van der Waals surface area contributed by atoms with Crippen molar-refractivity contribution in [2.75, 3.05) is 24.9 Å². The summed E-state index contributed by atoms with van der Waals surface area (Å²) in [5.41, 5.74) is -0.663. The molecule has 2 aromatic rings. The first-order valence-electron chi connectivity index (χ1n) is 8.43. The van der Waals surface area contributed by atoms with Gasteiger partial charge in [-0.1, -0.05) is 23.2 Å². The summed E-state index contributed by atoms with van der Waals surface area (Å²) in [4.78, 5) is 1.82. The normalized spacial score (nSPS) is 18.4. The molecule has 1 atom stereocenters. The number of hydrogen-bond donors (Lipinski definition) is 1. The second kappa shape index (κ2) is 8.55. The summed E-state index contributed by atoms with van der Waals surface area (Å²) in [6.45, 7) is 1.52. The van der Waals surface area contributed by atoms with Crippen LogP contribution in [-0.2, 0) is 22.6 Å². The number of rotatable bonds is 5. The third kappa shape index (κ3) is 5.22. The Morgan fingerprint density at radius 1 is 1.31 bits per heavy atom. The molecule has 0 bridgehead atoms. The van der Waals surface area contributed by atoms with E-state index in [0.717, 1.165) is 36.4 Å². The van der Waals surface area contributed by atoms with Gasteiger partial charge in [-0.3, -0.25) is 4.72 Å². The molecule has 1 saturated heterocycles. The van der Waals surface area contributed by atoms with Gasteiger partial charge in [-0.2, -0.15) is 13.2 Å². The molecule has 2 heterocycles. The molecule has 0 amide bonds. The van der Waals surface area contributed by atoms with Crippen molar-refractivity contribution >= 4 is 66.2 Å². The van der Waals surface area contributed by atoms with Crippen LogP contribution in [0, 0.1) is 5.92 Å². The van der Waals surface area contributed by atoms with E-state index in [0.29, 0.717) is 6.54 Å². The van der Waals surface area contributed by atoms with Gasteiger partial charge in [0.25, 0.3) is 10.0 Å². The molecule has 0 spiro atoms. The summed E-state index contributed by atoms with van der Waals surface area (Å²) in [6, 6.07) is 3.25. The Morgan fingerprint density at radius 3 is 2.52 bits per heavy atom. The molecule has 1 aliphatic heterocycles. The van der Waals surface area contributed by atoms with Crippen LogP contribution in [0.4, 0.5) is 18.9 Å². The molecule has 1 fully saturated rings. The predicted octanol–water partition coefficient (Wildman–Crippen LogP) is 6.13. The molecule has 1 aromatic carbocycles. The van der Waals surface area contributed by atoms with E-state index in [1.165, 1.54) is 6.07 Å². The number of benzene rings is 1. The maximum atomic E-state index is 13.5. The van der Waals surface area contributed by atoms with Gasteiger partial charge in [-0.25, -0.2) is 8.42 Å². The van der Waals surface area contributed by atoms with Crippen molar-refractivity contribution in [2.45, 2.75) is 23.9 Å². The highest BCUT2D eigenvalue weighted by atomic mass is 79.9. The Labute approximate surface area is 189 Å². The van der Waals surface area contributed by atoms with Crippen molar-refractivity contribution in [1.29, 1.82) is 0 Å². The van der Waals surface area contributed by atoms with Gasteiger partial charge in [-0.15, -0.1) is 11.3 Å². The number of likely N-dealkylation sites (tertiary alicyclic amines) is 1. The van der Waals surface area contributed by atoms with E-state index >= 15 is 0 Å². The second-order valence-electron chi connectivity index (χ2n) is 6.89. The molecule has 0 saturated carbocycles. The van der Waals surface area contributed by atoms with E-state index in [1.807, 2.05) is 7.05 Å². The monoisotopic (exact) mass is 550 g/mol. The minimum atomic E-state index is -4.52. The van der Waals surface area contributed by atoms with Crippen molar-refractivity contribution in [3.05, 3.63) is 42.5 Å². The Bertz CT molecular complexity index is 1030. The summed E-state index contributed by atoms with van der Waals surface area (Å²) in [6.07, 6.45) is -3.52. The number of sulfonamides is 1. The molecule has 1 N–H and O–H groups in total. The number of nitrogens with one attached hydrogen (secondary N) is 1. The average molecular weight is 552 g/mol. The van der Waals surface area contributed by atoms with E-state index in [-0.39, 0.29) is 41.6 Å². The highest BCUT2D eigenvalue weighted by Gasteiger charge is 2.35. The summed E-state index contributed by atoms with van der Waals surface area (Å²) >= 11 is 15.9. The quantitative estimate of drug-likeness (QED) is 0.486. The molecule has 0 unspecified atom stereocenters. The molecule has 12 heteroatoms. The molecule has 1 aromatic heterocycles. The first-order valence-corrected chi connectivity index (χ1v) is 12.3. The Morgan fingerprint density at radius 2 is 2.00 bits per heavy atom. The van der Waals surface area contributed by atoms with Crippen molar-refractivity contribution in [2.24, 2.45) is 5.92 Å². The highest BCUT2D eigenvalue weighted by Crippen LogP contribution is 2.43. The zero-order valence-electron chi connectivity index (χ0n) is 15.0. The molecule has 3 rings (SSSR count). The van der Waals surface area contributed by atoms with Crippen LogP contribution in [0.15, 0.2) is 27.6 Å². The lowest BCUT2D eigenvalue weighted by Crippen LogP contribution is -2.18. The van der Waals surface area contributed by atoms with Gasteiger partial charge >= 0.3 is 6.18 Å². The largest absolute Gasteiger partial charge is 0.416 e. The number of anilines is 1. The van der Waals surface area contributed by atoms with Gasteiger partial charge in [0, 0.05) is 12.2 Å². The fourth-order valence-electron chi connectivity index (χ4n) is 3.38. The van der Waals surface area contributed by atoms with Crippen LogP contribution in [0.1, 0.15) is 17.5 Å². The summed E-state index contributed by atoms with van der Waals surface area (Å²) in [7, 11) is -2.23. The second-order valence-corrected chi connectivity index (χ2v) is 11.5. The van der Waals surface area contributed by atoms with Gasteiger partial charge in [0.05, 0.1) is 10.0 Å². The van der Waals surface area contributed by atoms with Gasteiger partial charge in [0.15, 0.2) is 0 Å². The standard InChI is InChI=1S/C17H16BrCl2F3N2O2S2/c1-25-5-4-9(8-25)6-10-7-11(2-3-12(10)17(21,22)23)24-29(26,27)14-13(18)15(19)28-16(14)20/h2-3,7,9,24H,4-6,8H2,1H3/t9-/m0/s1. The fraction of sp³-hybridized carbons (Fsp3) is 0.412. The molecule has 1 aliphatic rings. The maximum absolute atomic E-state index is 13.5. The number of thiophene rings is 1. The Kier molecular flexibility index (Phi) is 6.82. The molecule has 29 heavy (non-hydrogen) atoms. The van der Waals surface area contributed by atoms with Crippen LogP contribution in [0.25, 0.3) is 0 Å². The van der Waals surface area contributed by atoms with Crippen molar-refractivity contribution in [1.82, 2.24) is 4.90 Å². The fourth-order valence-corrected chi connectivity index (χ4v) is 7.99.